The first-order chi connectivity index (χ1) is 10.7. The fraction of sp³-hybridized carbons (Fsp3) is 0.571. The molecule has 0 aliphatic carbocycles. The molecule has 1 fully saturated rings. The molecule has 9 heteroatoms. The van der Waals surface area contributed by atoms with Gasteiger partial charge in [0.15, 0.2) is 0 Å². The van der Waals surface area contributed by atoms with Crippen LogP contribution in [0.1, 0.15) is 31.6 Å². The summed E-state index contributed by atoms with van der Waals surface area (Å²) in [4.78, 5) is 22.9. The molecule has 7 nitrogen and oxygen atoms in total. The van der Waals surface area contributed by atoms with Gasteiger partial charge in [0.1, 0.15) is 4.21 Å². The van der Waals surface area contributed by atoms with Crippen molar-refractivity contribution in [2.75, 3.05) is 6.54 Å². The van der Waals surface area contributed by atoms with E-state index in [9.17, 15) is 23.1 Å². The Labute approximate surface area is 139 Å². The third-order valence-electron chi connectivity index (χ3n) is 3.96. The average Bonchev–Trinajstić information content (AvgIpc) is 2.94. The zero-order valence-corrected chi connectivity index (χ0v) is 14.6. The van der Waals surface area contributed by atoms with Gasteiger partial charge in [0, 0.05) is 24.4 Å². The number of carbonyl (C=O) groups excluding carboxylic acids is 1. The summed E-state index contributed by atoms with van der Waals surface area (Å²) in [6.45, 7) is 3.64. The number of rotatable bonds is 5. The summed E-state index contributed by atoms with van der Waals surface area (Å²) in [5.74, 6) is -1.83. The Bertz CT molecular complexity index is 698. The fourth-order valence-corrected chi connectivity index (χ4v) is 5.83. The average molecular weight is 360 g/mol. The molecule has 128 valence electrons. The highest BCUT2D eigenvalue weighted by Gasteiger charge is 2.40. The van der Waals surface area contributed by atoms with E-state index in [1.165, 1.54) is 17.3 Å². The van der Waals surface area contributed by atoms with E-state index in [4.69, 9.17) is 0 Å². The van der Waals surface area contributed by atoms with Gasteiger partial charge in [-0.1, -0.05) is 0 Å². The molecule has 1 aliphatic heterocycles. The molecule has 0 bridgehead atoms. The molecular formula is C14H20N2O5S2. The smallest absolute Gasteiger partial charge is 0.308 e. The van der Waals surface area contributed by atoms with Crippen molar-refractivity contribution in [1.29, 1.82) is 0 Å². The second-order valence-electron chi connectivity index (χ2n) is 5.57. The van der Waals surface area contributed by atoms with Gasteiger partial charge in [0.25, 0.3) is 10.0 Å². The number of nitrogens with zero attached hydrogens (tertiary/aromatic N) is 1. The van der Waals surface area contributed by atoms with Crippen molar-refractivity contribution >= 4 is 33.2 Å². The molecule has 0 radical (unpaired) electrons. The van der Waals surface area contributed by atoms with Crippen LogP contribution in [0.4, 0.5) is 0 Å². The maximum Gasteiger partial charge on any atom is 0.308 e. The predicted octanol–water partition coefficient (Wildman–Crippen LogP) is 1.26. The lowest BCUT2D eigenvalue weighted by Gasteiger charge is -2.35. The van der Waals surface area contributed by atoms with Gasteiger partial charge >= 0.3 is 5.97 Å². The van der Waals surface area contributed by atoms with Crippen molar-refractivity contribution in [3.05, 3.63) is 17.0 Å². The number of nitrogens with one attached hydrogen (secondary N) is 1. The van der Waals surface area contributed by atoms with E-state index in [2.05, 4.69) is 5.32 Å². The minimum Gasteiger partial charge on any atom is -0.481 e. The minimum absolute atomic E-state index is 0.177. The third kappa shape index (κ3) is 3.91. The Balaban J connectivity index is 2.20. The topological polar surface area (TPSA) is 104 Å². The van der Waals surface area contributed by atoms with Gasteiger partial charge < -0.3 is 10.4 Å². The molecule has 1 aromatic rings. The van der Waals surface area contributed by atoms with E-state index in [-0.39, 0.29) is 16.7 Å². The van der Waals surface area contributed by atoms with Gasteiger partial charge in [0.2, 0.25) is 5.91 Å². The number of hydrogen-bond acceptors (Lipinski definition) is 5. The van der Waals surface area contributed by atoms with E-state index in [1.807, 2.05) is 0 Å². The van der Waals surface area contributed by atoms with Crippen LogP contribution < -0.4 is 5.32 Å². The van der Waals surface area contributed by atoms with Crippen LogP contribution in [0.5, 0.6) is 0 Å². The standard InChI is InChI=1S/C14H20N2O5S2/c1-9-12(14(18)19)4-3-7-16(9)23(20,21)13-6-5-11(22-13)8-15-10(2)17/h5-6,9,12H,3-4,7-8H2,1-2H3,(H,15,17)(H,18,19)/t9-,12-/m1/s1. The van der Waals surface area contributed by atoms with Gasteiger partial charge in [-0.25, -0.2) is 8.42 Å². The number of amides is 1. The first-order valence-corrected chi connectivity index (χ1v) is 9.57. The molecule has 1 aromatic heterocycles. The van der Waals surface area contributed by atoms with Crippen LogP contribution >= 0.6 is 11.3 Å². The Morgan fingerprint density at radius 2 is 2.13 bits per heavy atom. The van der Waals surface area contributed by atoms with Crippen molar-refractivity contribution in [2.24, 2.45) is 5.92 Å². The summed E-state index contributed by atoms with van der Waals surface area (Å²) in [7, 11) is -3.72. The predicted molar refractivity (Wildman–Crippen MR) is 85.6 cm³/mol. The maximum absolute atomic E-state index is 12.8. The van der Waals surface area contributed by atoms with Crippen LogP contribution in [0.25, 0.3) is 0 Å². The highest BCUT2D eigenvalue weighted by molar-refractivity contribution is 7.91. The Morgan fingerprint density at radius 1 is 1.43 bits per heavy atom. The highest BCUT2D eigenvalue weighted by atomic mass is 32.2. The van der Waals surface area contributed by atoms with Crippen LogP contribution in [0.15, 0.2) is 16.3 Å². The molecule has 1 aliphatic rings. The number of sulfonamides is 1. The lowest BCUT2D eigenvalue weighted by molar-refractivity contribution is -0.144. The number of aliphatic carboxylic acids is 1. The number of hydrogen-bond donors (Lipinski definition) is 2. The van der Waals surface area contributed by atoms with E-state index in [0.29, 0.717) is 19.4 Å². The number of carboxylic acid groups (broad SMARTS) is 1. The third-order valence-corrected chi connectivity index (χ3v) is 7.50. The second kappa shape index (κ2) is 6.98. The van der Waals surface area contributed by atoms with Crippen LogP contribution in [-0.2, 0) is 26.2 Å². The first-order valence-electron chi connectivity index (χ1n) is 7.31. The van der Waals surface area contributed by atoms with E-state index >= 15 is 0 Å². The van der Waals surface area contributed by atoms with E-state index < -0.39 is 28.0 Å². The van der Waals surface area contributed by atoms with Crippen molar-refractivity contribution in [1.82, 2.24) is 9.62 Å². The molecule has 2 heterocycles. The first kappa shape index (κ1) is 17.9. The van der Waals surface area contributed by atoms with Crippen LogP contribution in [0.3, 0.4) is 0 Å². The Morgan fingerprint density at radius 3 is 2.74 bits per heavy atom. The van der Waals surface area contributed by atoms with Gasteiger partial charge in [-0.15, -0.1) is 11.3 Å². The summed E-state index contributed by atoms with van der Waals surface area (Å²) < 4.78 is 27.0. The van der Waals surface area contributed by atoms with Crippen molar-refractivity contribution in [3.8, 4) is 0 Å². The van der Waals surface area contributed by atoms with Crippen molar-refractivity contribution in [2.45, 2.75) is 43.5 Å². The Hall–Kier alpha value is -1.45. The summed E-state index contributed by atoms with van der Waals surface area (Å²) in [6, 6.07) is 2.59. The van der Waals surface area contributed by atoms with Gasteiger partial charge in [-0.2, -0.15) is 4.31 Å². The molecule has 0 spiro atoms. The number of carboxylic acids is 1. The van der Waals surface area contributed by atoms with E-state index in [0.717, 1.165) is 16.2 Å². The normalized spacial score (nSPS) is 22.7. The molecule has 1 amide bonds. The summed E-state index contributed by atoms with van der Waals surface area (Å²) in [5.41, 5.74) is 0. The lowest BCUT2D eigenvalue weighted by Crippen LogP contribution is -2.48. The molecule has 0 unspecified atom stereocenters. The van der Waals surface area contributed by atoms with Gasteiger partial charge in [-0.3, -0.25) is 9.59 Å². The van der Waals surface area contributed by atoms with Crippen LogP contribution in [0.2, 0.25) is 0 Å². The largest absolute Gasteiger partial charge is 0.481 e. The summed E-state index contributed by atoms with van der Waals surface area (Å²) in [5, 5.41) is 11.9. The quantitative estimate of drug-likeness (QED) is 0.823. The molecule has 0 aromatic carbocycles. The van der Waals surface area contributed by atoms with Crippen LogP contribution in [-0.4, -0.2) is 42.3 Å². The summed E-state index contributed by atoms with van der Waals surface area (Å²) in [6.07, 6.45) is 1.02. The molecule has 23 heavy (non-hydrogen) atoms. The fourth-order valence-electron chi connectivity index (χ4n) is 2.70. The molecule has 2 N–H and O–H groups in total. The number of carbonyl (C=O) groups is 2. The van der Waals surface area contributed by atoms with Gasteiger partial charge in [0.05, 0.1) is 12.5 Å². The number of piperidine rings is 1. The SMILES string of the molecule is CC(=O)NCc1ccc(S(=O)(=O)N2CCC[C@@H](C(=O)O)[C@H]2C)s1. The van der Waals surface area contributed by atoms with Crippen molar-refractivity contribution < 1.29 is 23.1 Å². The molecule has 2 rings (SSSR count). The lowest BCUT2D eigenvalue weighted by atomic mass is 9.92. The van der Waals surface area contributed by atoms with Crippen LogP contribution in [0, 0.1) is 5.92 Å². The van der Waals surface area contributed by atoms with Gasteiger partial charge in [-0.05, 0) is 31.9 Å². The highest BCUT2D eigenvalue weighted by Crippen LogP contribution is 2.32. The zero-order valence-electron chi connectivity index (χ0n) is 13.0. The monoisotopic (exact) mass is 360 g/mol. The Kier molecular flexibility index (Phi) is 5.43. The second-order valence-corrected chi connectivity index (χ2v) is 8.86. The molecular weight excluding hydrogens is 340 g/mol. The minimum atomic E-state index is -3.72. The number of thiophene rings is 1. The van der Waals surface area contributed by atoms with Crippen molar-refractivity contribution in [3.63, 3.8) is 0 Å². The summed E-state index contributed by atoms with van der Waals surface area (Å²) >= 11 is 1.10. The molecule has 2 atom stereocenters. The maximum atomic E-state index is 12.8. The molecule has 1 saturated heterocycles. The molecule has 0 saturated carbocycles. The zero-order chi connectivity index (χ0) is 17.2. The van der Waals surface area contributed by atoms with E-state index in [1.54, 1.807) is 13.0 Å².